The van der Waals surface area contributed by atoms with Crippen molar-refractivity contribution in [2.75, 3.05) is 12.8 Å². The molecule has 7 heteroatoms. The minimum atomic E-state index is -0.302. The van der Waals surface area contributed by atoms with Gasteiger partial charge in [-0.2, -0.15) is 0 Å². The van der Waals surface area contributed by atoms with Crippen molar-refractivity contribution in [1.29, 1.82) is 0 Å². The molecule has 3 aromatic rings. The number of carbonyl (C=O) groups excluding carboxylic acids is 1. The zero-order chi connectivity index (χ0) is 17.6. The summed E-state index contributed by atoms with van der Waals surface area (Å²) in [6.45, 7) is 0. The molecule has 1 amide bonds. The van der Waals surface area contributed by atoms with E-state index in [1.165, 1.54) is 4.40 Å². The molecule has 0 aliphatic heterocycles. The van der Waals surface area contributed by atoms with Gasteiger partial charge in [0.2, 0.25) is 11.5 Å². The van der Waals surface area contributed by atoms with Crippen molar-refractivity contribution >= 4 is 28.4 Å². The van der Waals surface area contributed by atoms with Crippen LogP contribution in [0.2, 0.25) is 0 Å². The second kappa shape index (κ2) is 5.84. The molecule has 1 aliphatic rings. The summed E-state index contributed by atoms with van der Waals surface area (Å²) in [6, 6.07) is 7.14. The predicted octanol–water partition coefficient (Wildman–Crippen LogP) is 1.19. The highest BCUT2D eigenvalue weighted by atomic mass is 16.1. The van der Waals surface area contributed by atoms with Crippen LogP contribution in [0.4, 0.5) is 5.82 Å². The van der Waals surface area contributed by atoms with Gasteiger partial charge in [0.25, 0.3) is 17.1 Å². The summed E-state index contributed by atoms with van der Waals surface area (Å²) in [5.41, 5.74) is 7.59. The Morgan fingerprint density at radius 3 is 2.84 bits per heavy atom. The standard InChI is InChI=1S/C18H19N5O2/c1-20-17(24)12-10-13-16(23(15(12)19)11-6-2-3-7-11)21-14-8-4-5-9-22(14)18(13)25/h4-5,8-11,19H,2-3,6-7H2,1H3,(H,20,24)/p+1. The third-order valence-electron chi connectivity index (χ3n) is 4.96. The molecule has 4 rings (SSSR count). The lowest BCUT2D eigenvalue weighted by Gasteiger charge is -2.16. The number of pyridine rings is 2. The molecule has 3 aromatic heterocycles. The molecule has 1 fully saturated rings. The van der Waals surface area contributed by atoms with Crippen LogP contribution in [0.5, 0.6) is 0 Å². The first-order valence-electron chi connectivity index (χ1n) is 8.49. The molecule has 0 bridgehead atoms. The van der Waals surface area contributed by atoms with Gasteiger partial charge < -0.3 is 11.1 Å². The molecule has 0 atom stereocenters. The molecule has 25 heavy (non-hydrogen) atoms. The number of hydrogen-bond donors (Lipinski definition) is 2. The van der Waals surface area contributed by atoms with Crippen molar-refractivity contribution < 1.29 is 9.36 Å². The molecule has 0 aromatic carbocycles. The van der Waals surface area contributed by atoms with Gasteiger partial charge in [0, 0.05) is 13.2 Å². The molecule has 3 N–H and O–H groups in total. The predicted molar refractivity (Wildman–Crippen MR) is 94.5 cm³/mol. The molecule has 7 nitrogen and oxygen atoms in total. The average Bonchev–Trinajstić information content (AvgIpc) is 3.15. The Kier molecular flexibility index (Phi) is 3.63. The lowest BCUT2D eigenvalue weighted by atomic mass is 10.1. The van der Waals surface area contributed by atoms with Crippen LogP contribution in [0, 0.1) is 0 Å². The van der Waals surface area contributed by atoms with Crippen LogP contribution >= 0.6 is 0 Å². The lowest BCUT2D eigenvalue weighted by molar-refractivity contribution is -0.685. The maximum Gasteiger partial charge on any atom is 0.278 e. The molecule has 1 saturated carbocycles. The van der Waals surface area contributed by atoms with Crippen LogP contribution in [0.3, 0.4) is 0 Å². The minimum absolute atomic E-state index is 0.158. The Labute approximate surface area is 144 Å². The number of hydrogen-bond acceptors (Lipinski definition) is 4. The highest BCUT2D eigenvalue weighted by molar-refractivity contribution is 6.00. The van der Waals surface area contributed by atoms with E-state index in [4.69, 9.17) is 5.73 Å². The van der Waals surface area contributed by atoms with E-state index in [2.05, 4.69) is 10.3 Å². The van der Waals surface area contributed by atoms with E-state index < -0.39 is 0 Å². The Balaban J connectivity index is 2.15. The zero-order valence-corrected chi connectivity index (χ0v) is 14.0. The van der Waals surface area contributed by atoms with E-state index in [0.717, 1.165) is 25.7 Å². The third kappa shape index (κ3) is 2.34. The second-order valence-electron chi connectivity index (χ2n) is 6.41. The first-order chi connectivity index (χ1) is 12.1. The summed E-state index contributed by atoms with van der Waals surface area (Å²) in [6.07, 6.45) is 5.83. The van der Waals surface area contributed by atoms with E-state index >= 15 is 0 Å². The molecule has 1 aliphatic carbocycles. The molecule has 0 saturated heterocycles. The number of nitrogens with zero attached hydrogens (tertiary/aromatic N) is 3. The summed E-state index contributed by atoms with van der Waals surface area (Å²) in [4.78, 5) is 29.9. The van der Waals surface area contributed by atoms with Gasteiger partial charge in [-0.3, -0.25) is 14.0 Å². The van der Waals surface area contributed by atoms with Gasteiger partial charge in [0.15, 0.2) is 0 Å². The maximum absolute atomic E-state index is 13.0. The normalized spacial score (nSPS) is 15.1. The second-order valence-corrected chi connectivity index (χ2v) is 6.41. The fourth-order valence-corrected chi connectivity index (χ4v) is 3.71. The zero-order valence-electron chi connectivity index (χ0n) is 14.0. The molecule has 0 spiro atoms. The fraction of sp³-hybridized carbons (Fsp3) is 0.333. The number of anilines is 1. The fourth-order valence-electron chi connectivity index (χ4n) is 3.71. The van der Waals surface area contributed by atoms with Crippen LogP contribution in [0.25, 0.3) is 16.7 Å². The highest BCUT2D eigenvalue weighted by Gasteiger charge is 2.30. The maximum atomic E-state index is 13.0. The van der Waals surface area contributed by atoms with Gasteiger partial charge in [-0.15, -0.1) is 0 Å². The first kappa shape index (κ1) is 15.6. The number of fused-ring (bicyclic) bond motifs is 2. The number of rotatable bonds is 2. The van der Waals surface area contributed by atoms with E-state index in [9.17, 15) is 9.59 Å². The number of amides is 1. The smallest absolute Gasteiger partial charge is 0.278 e. The Morgan fingerprint density at radius 1 is 1.36 bits per heavy atom. The molecule has 0 unspecified atom stereocenters. The molecule has 0 radical (unpaired) electrons. The van der Waals surface area contributed by atoms with Crippen LogP contribution < -0.4 is 21.2 Å². The topological polar surface area (TPSA) is 93.4 Å². The largest absolute Gasteiger partial charge is 0.355 e. The number of aromatic nitrogens is 3. The number of nitrogen functional groups attached to an aromatic ring is 1. The lowest BCUT2D eigenvalue weighted by Crippen LogP contribution is -2.45. The van der Waals surface area contributed by atoms with Crippen molar-refractivity contribution in [3.63, 3.8) is 0 Å². The highest BCUT2D eigenvalue weighted by Crippen LogP contribution is 2.28. The molecule has 3 heterocycles. The SMILES string of the molecule is CNC(=O)c1cc2c(=O)n3ccccc3nc2[n+](C2CCCC2)c1N. The van der Waals surface area contributed by atoms with Gasteiger partial charge >= 0.3 is 0 Å². The third-order valence-corrected chi connectivity index (χ3v) is 4.96. The van der Waals surface area contributed by atoms with Gasteiger partial charge in [0.05, 0.1) is 6.04 Å². The summed E-state index contributed by atoms with van der Waals surface area (Å²) in [5.74, 6) is 0.0645. The van der Waals surface area contributed by atoms with Crippen molar-refractivity contribution in [2.45, 2.75) is 31.7 Å². The summed E-state index contributed by atoms with van der Waals surface area (Å²) < 4.78 is 3.38. The van der Waals surface area contributed by atoms with Crippen LogP contribution in [-0.4, -0.2) is 22.3 Å². The summed E-state index contributed by atoms with van der Waals surface area (Å²) >= 11 is 0. The Morgan fingerprint density at radius 2 is 2.12 bits per heavy atom. The minimum Gasteiger partial charge on any atom is -0.355 e. The van der Waals surface area contributed by atoms with E-state index in [1.54, 1.807) is 31.4 Å². The van der Waals surface area contributed by atoms with E-state index in [-0.39, 0.29) is 17.5 Å². The molecular formula is C18H20N5O2+. The molecular weight excluding hydrogens is 318 g/mol. The van der Waals surface area contributed by atoms with E-state index in [1.807, 2.05) is 10.6 Å². The van der Waals surface area contributed by atoms with Gasteiger partial charge in [-0.25, -0.2) is 4.57 Å². The monoisotopic (exact) mass is 338 g/mol. The van der Waals surface area contributed by atoms with Crippen LogP contribution in [-0.2, 0) is 0 Å². The Hall–Kier alpha value is -2.96. The molecule has 128 valence electrons. The van der Waals surface area contributed by atoms with Gasteiger partial charge in [-0.05, 0) is 43.9 Å². The average molecular weight is 338 g/mol. The van der Waals surface area contributed by atoms with Crippen molar-refractivity contribution in [3.05, 3.63) is 46.4 Å². The number of nitrogens with two attached hydrogens (primary N) is 1. The van der Waals surface area contributed by atoms with Crippen molar-refractivity contribution in [3.8, 4) is 0 Å². The number of carbonyl (C=O) groups is 1. The van der Waals surface area contributed by atoms with Gasteiger partial charge in [0.1, 0.15) is 10.9 Å². The first-order valence-corrected chi connectivity index (χ1v) is 8.49. The van der Waals surface area contributed by atoms with E-state index in [0.29, 0.717) is 28.1 Å². The summed E-state index contributed by atoms with van der Waals surface area (Å²) in [7, 11) is 1.55. The quantitative estimate of drug-likeness (QED) is 0.542. The van der Waals surface area contributed by atoms with Crippen LogP contribution in [0.15, 0.2) is 35.3 Å². The number of nitrogens with one attached hydrogen (secondary N) is 1. The van der Waals surface area contributed by atoms with Crippen molar-refractivity contribution in [2.24, 2.45) is 0 Å². The van der Waals surface area contributed by atoms with Gasteiger partial charge in [-0.1, -0.05) is 11.1 Å². The van der Waals surface area contributed by atoms with Crippen molar-refractivity contribution in [1.82, 2.24) is 14.7 Å². The van der Waals surface area contributed by atoms with Crippen LogP contribution in [0.1, 0.15) is 42.1 Å². The summed E-state index contributed by atoms with van der Waals surface area (Å²) in [5, 5.41) is 3.01. The Bertz CT molecular complexity index is 1050.